The lowest BCUT2D eigenvalue weighted by Gasteiger charge is -2.28. The molecule has 1 N–H and O–H groups in total. The van der Waals surface area contributed by atoms with Crippen molar-refractivity contribution in [2.45, 2.75) is 13.0 Å². The van der Waals surface area contributed by atoms with Gasteiger partial charge in [0.15, 0.2) is 0 Å². The summed E-state index contributed by atoms with van der Waals surface area (Å²) in [4.78, 5) is 0. The normalized spacial score (nSPS) is 19.3. The summed E-state index contributed by atoms with van der Waals surface area (Å²) in [6.07, 6.45) is 0. The second-order valence-corrected chi connectivity index (χ2v) is 6.93. The standard InChI is InChI=1S/C12H17BrN2O3S/c1-10(11-4-2-3-5-12(11)13)14-19(16,17)15-6-8-18-9-7-15/h2-5,10,14H,6-9H2,1H3. The van der Waals surface area contributed by atoms with Gasteiger partial charge in [-0.25, -0.2) is 0 Å². The summed E-state index contributed by atoms with van der Waals surface area (Å²) < 4.78 is 34.6. The van der Waals surface area contributed by atoms with Gasteiger partial charge in [-0.05, 0) is 18.6 Å². The molecule has 7 heteroatoms. The Balaban J connectivity index is 2.09. The van der Waals surface area contributed by atoms with E-state index in [9.17, 15) is 8.42 Å². The number of nitrogens with zero attached hydrogens (tertiary/aromatic N) is 1. The van der Waals surface area contributed by atoms with E-state index in [-0.39, 0.29) is 6.04 Å². The topological polar surface area (TPSA) is 58.6 Å². The van der Waals surface area contributed by atoms with Crippen LogP contribution in [0.5, 0.6) is 0 Å². The summed E-state index contributed by atoms with van der Waals surface area (Å²) in [6.45, 7) is 3.53. The van der Waals surface area contributed by atoms with E-state index in [2.05, 4.69) is 20.7 Å². The van der Waals surface area contributed by atoms with Crippen molar-refractivity contribution in [3.63, 3.8) is 0 Å². The van der Waals surface area contributed by atoms with Gasteiger partial charge in [-0.15, -0.1) is 0 Å². The second kappa shape index (κ2) is 6.32. The van der Waals surface area contributed by atoms with E-state index in [4.69, 9.17) is 4.74 Å². The average molecular weight is 349 g/mol. The maximum absolute atomic E-state index is 12.2. The van der Waals surface area contributed by atoms with Crippen LogP contribution in [0.15, 0.2) is 28.7 Å². The lowest BCUT2D eigenvalue weighted by atomic mass is 10.1. The molecule has 1 heterocycles. The highest BCUT2D eigenvalue weighted by molar-refractivity contribution is 9.10. The fourth-order valence-electron chi connectivity index (χ4n) is 1.97. The molecule has 1 aromatic carbocycles. The van der Waals surface area contributed by atoms with Crippen molar-refractivity contribution in [1.82, 2.24) is 9.03 Å². The molecular weight excluding hydrogens is 332 g/mol. The molecule has 0 aromatic heterocycles. The van der Waals surface area contributed by atoms with Crippen molar-refractivity contribution < 1.29 is 13.2 Å². The molecule has 0 amide bonds. The van der Waals surface area contributed by atoms with Crippen molar-refractivity contribution in [2.75, 3.05) is 26.3 Å². The molecule has 0 aliphatic carbocycles. The van der Waals surface area contributed by atoms with Crippen LogP contribution in [-0.2, 0) is 14.9 Å². The molecule has 1 atom stereocenters. The zero-order valence-electron chi connectivity index (χ0n) is 10.7. The lowest BCUT2D eigenvalue weighted by Crippen LogP contribution is -2.47. The molecule has 1 aliphatic rings. The molecule has 0 bridgehead atoms. The maximum Gasteiger partial charge on any atom is 0.280 e. The number of benzene rings is 1. The molecule has 0 saturated carbocycles. The first-order valence-electron chi connectivity index (χ1n) is 6.10. The fourth-order valence-corrected chi connectivity index (χ4v) is 3.96. The van der Waals surface area contributed by atoms with Gasteiger partial charge in [0.05, 0.1) is 13.2 Å². The molecule has 2 rings (SSSR count). The summed E-state index contributed by atoms with van der Waals surface area (Å²) in [5, 5.41) is 0. The number of morpholine rings is 1. The summed E-state index contributed by atoms with van der Waals surface area (Å²) in [7, 11) is -3.46. The SMILES string of the molecule is CC(NS(=O)(=O)N1CCOCC1)c1ccccc1Br. The average Bonchev–Trinajstić information content (AvgIpc) is 2.39. The largest absolute Gasteiger partial charge is 0.379 e. The number of halogens is 1. The summed E-state index contributed by atoms with van der Waals surface area (Å²) in [5.74, 6) is 0. The first-order chi connectivity index (χ1) is 9.00. The van der Waals surface area contributed by atoms with Gasteiger partial charge in [-0.2, -0.15) is 17.4 Å². The number of hydrogen-bond donors (Lipinski definition) is 1. The Morgan fingerprint density at radius 2 is 1.95 bits per heavy atom. The quantitative estimate of drug-likeness (QED) is 0.900. The van der Waals surface area contributed by atoms with E-state index in [1.54, 1.807) is 0 Å². The van der Waals surface area contributed by atoms with Crippen LogP contribution in [0.25, 0.3) is 0 Å². The van der Waals surface area contributed by atoms with E-state index >= 15 is 0 Å². The third-order valence-corrected chi connectivity index (χ3v) is 5.43. The maximum atomic E-state index is 12.2. The van der Waals surface area contributed by atoms with Crippen LogP contribution in [0.1, 0.15) is 18.5 Å². The molecule has 19 heavy (non-hydrogen) atoms. The van der Waals surface area contributed by atoms with Crippen molar-refractivity contribution in [3.8, 4) is 0 Å². The molecule has 1 unspecified atom stereocenters. The van der Waals surface area contributed by atoms with Gasteiger partial charge in [-0.1, -0.05) is 34.1 Å². The van der Waals surface area contributed by atoms with E-state index in [0.29, 0.717) is 26.3 Å². The predicted octanol–water partition coefficient (Wildman–Crippen LogP) is 1.68. The van der Waals surface area contributed by atoms with Crippen LogP contribution in [0.2, 0.25) is 0 Å². The molecular formula is C12H17BrN2O3S. The minimum absolute atomic E-state index is 0.289. The van der Waals surface area contributed by atoms with Crippen LogP contribution >= 0.6 is 15.9 Å². The smallest absolute Gasteiger partial charge is 0.280 e. The number of rotatable bonds is 4. The Morgan fingerprint density at radius 1 is 1.32 bits per heavy atom. The van der Waals surface area contributed by atoms with Crippen LogP contribution < -0.4 is 4.72 Å². The van der Waals surface area contributed by atoms with Crippen LogP contribution in [0, 0.1) is 0 Å². The summed E-state index contributed by atoms with van der Waals surface area (Å²) in [5.41, 5.74) is 0.916. The highest BCUT2D eigenvalue weighted by Gasteiger charge is 2.26. The zero-order chi connectivity index (χ0) is 13.9. The molecule has 0 spiro atoms. The van der Waals surface area contributed by atoms with Crippen LogP contribution in [0.3, 0.4) is 0 Å². The van der Waals surface area contributed by atoms with Crippen LogP contribution in [0.4, 0.5) is 0 Å². The zero-order valence-corrected chi connectivity index (χ0v) is 13.1. The molecule has 1 aliphatic heterocycles. The van der Waals surface area contributed by atoms with E-state index < -0.39 is 10.2 Å². The Kier molecular flexibility index (Phi) is 4.97. The Morgan fingerprint density at radius 3 is 2.58 bits per heavy atom. The molecule has 1 aromatic rings. The fraction of sp³-hybridized carbons (Fsp3) is 0.500. The van der Waals surface area contributed by atoms with Crippen molar-refractivity contribution in [3.05, 3.63) is 34.3 Å². The molecule has 1 saturated heterocycles. The second-order valence-electron chi connectivity index (χ2n) is 4.38. The Hall–Kier alpha value is -0.470. The first-order valence-corrected chi connectivity index (χ1v) is 8.33. The highest BCUT2D eigenvalue weighted by Crippen LogP contribution is 2.23. The van der Waals surface area contributed by atoms with Gasteiger partial charge in [0.2, 0.25) is 0 Å². The third kappa shape index (κ3) is 3.76. The van der Waals surface area contributed by atoms with Gasteiger partial charge in [0.1, 0.15) is 0 Å². The molecule has 1 fully saturated rings. The van der Waals surface area contributed by atoms with E-state index in [0.717, 1.165) is 10.0 Å². The van der Waals surface area contributed by atoms with Gasteiger partial charge in [0, 0.05) is 23.6 Å². The van der Waals surface area contributed by atoms with Gasteiger partial charge >= 0.3 is 0 Å². The van der Waals surface area contributed by atoms with Gasteiger partial charge in [-0.3, -0.25) is 0 Å². The van der Waals surface area contributed by atoms with Crippen molar-refractivity contribution in [1.29, 1.82) is 0 Å². The lowest BCUT2D eigenvalue weighted by molar-refractivity contribution is 0.0723. The molecule has 5 nitrogen and oxygen atoms in total. The number of nitrogens with one attached hydrogen (secondary N) is 1. The number of hydrogen-bond acceptors (Lipinski definition) is 3. The van der Waals surface area contributed by atoms with Gasteiger partial charge in [0.25, 0.3) is 10.2 Å². The van der Waals surface area contributed by atoms with Gasteiger partial charge < -0.3 is 4.74 Å². The predicted molar refractivity (Wildman–Crippen MR) is 77.0 cm³/mol. The van der Waals surface area contributed by atoms with Crippen molar-refractivity contribution in [2.24, 2.45) is 0 Å². The molecule has 0 radical (unpaired) electrons. The van der Waals surface area contributed by atoms with E-state index in [1.807, 2.05) is 31.2 Å². The minimum atomic E-state index is -3.46. The number of ether oxygens (including phenoxy) is 1. The summed E-state index contributed by atoms with van der Waals surface area (Å²) in [6, 6.07) is 7.30. The summed E-state index contributed by atoms with van der Waals surface area (Å²) >= 11 is 3.43. The third-order valence-electron chi connectivity index (χ3n) is 3.01. The highest BCUT2D eigenvalue weighted by atomic mass is 79.9. The minimum Gasteiger partial charge on any atom is -0.379 e. The Labute approximate surface area is 122 Å². The Bertz CT molecular complexity index is 530. The first kappa shape index (κ1) is 14.9. The monoisotopic (exact) mass is 348 g/mol. The van der Waals surface area contributed by atoms with E-state index in [1.165, 1.54) is 4.31 Å². The molecule has 106 valence electrons. The van der Waals surface area contributed by atoms with Crippen molar-refractivity contribution >= 4 is 26.1 Å². The van der Waals surface area contributed by atoms with Crippen LogP contribution in [-0.4, -0.2) is 39.0 Å².